The van der Waals surface area contributed by atoms with Gasteiger partial charge in [-0.3, -0.25) is 4.79 Å². The van der Waals surface area contributed by atoms with Crippen molar-refractivity contribution in [1.29, 1.82) is 0 Å². The first kappa shape index (κ1) is 20.5. The number of rotatable bonds is 6. The predicted molar refractivity (Wildman–Crippen MR) is 119 cm³/mol. The number of allylic oxidation sites excluding steroid dienone is 1. The fourth-order valence-corrected chi connectivity index (χ4v) is 3.46. The summed E-state index contributed by atoms with van der Waals surface area (Å²) in [6.45, 7) is 4.40. The highest BCUT2D eigenvalue weighted by atomic mass is 16.5. The summed E-state index contributed by atoms with van der Waals surface area (Å²) in [5.74, 6) is 2.55. The maximum atomic E-state index is 12.9. The minimum absolute atomic E-state index is 0.155. The van der Waals surface area contributed by atoms with E-state index in [0.29, 0.717) is 35.2 Å². The third-order valence-electron chi connectivity index (χ3n) is 5.26. The van der Waals surface area contributed by atoms with Crippen LogP contribution in [0.3, 0.4) is 0 Å². The first-order chi connectivity index (χ1) is 15.0. The molecule has 3 aromatic rings. The second-order valence-electron chi connectivity index (χ2n) is 7.39. The van der Waals surface area contributed by atoms with E-state index < -0.39 is 0 Å². The smallest absolute Gasteiger partial charge is 0.231 e. The molecule has 4 rings (SSSR count). The van der Waals surface area contributed by atoms with E-state index in [1.807, 2.05) is 31.2 Å². The quantitative estimate of drug-likeness (QED) is 0.496. The van der Waals surface area contributed by atoms with Gasteiger partial charge in [0.05, 0.1) is 19.8 Å². The van der Waals surface area contributed by atoms with Gasteiger partial charge in [-0.2, -0.15) is 0 Å². The molecule has 3 aromatic carbocycles. The molecule has 0 N–H and O–H groups in total. The Morgan fingerprint density at radius 3 is 2.29 bits per heavy atom. The van der Waals surface area contributed by atoms with Crippen LogP contribution in [-0.2, 0) is 6.61 Å². The average molecular weight is 416 g/mol. The first-order valence-electron chi connectivity index (χ1n) is 9.98. The van der Waals surface area contributed by atoms with Gasteiger partial charge in [-0.05, 0) is 55.3 Å². The van der Waals surface area contributed by atoms with Crippen LogP contribution in [0.25, 0.3) is 6.08 Å². The van der Waals surface area contributed by atoms with Gasteiger partial charge in [-0.25, -0.2) is 0 Å². The van der Waals surface area contributed by atoms with Gasteiger partial charge in [-0.1, -0.05) is 35.9 Å². The van der Waals surface area contributed by atoms with Crippen LogP contribution in [0.1, 0.15) is 32.6 Å². The van der Waals surface area contributed by atoms with Crippen LogP contribution < -0.4 is 18.9 Å². The van der Waals surface area contributed by atoms with Crippen molar-refractivity contribution in [2.75, 3.05) is 14.2 Å². The number of benzene rings is 3. The Morgan fingerprint density at radius 1 is 0.871 bits per heavy atom. The Labute approximate surface area is 181 Å². The van der Waals surface area contributed by atoms with Crippen molar-refractivity contribution in [3.8, 4) is 23.0 Å². The lowest BCUT2D eigenvalue weighted by Crippen LogP contribution is -1.98. The molecule has 1 heterocycles. The minimum Gasteiger partial charge on any atom is -0.493 e. The van der Waals surface area contributed by atoms with Gasteiger partial charge in [0.1, 0.15) is 18.1 Å². The van der Waals surface area contributed by atoms with Crippen LogP contribution in [-0.4, -0.2) is 20.0 Å². The van der Waals surface area contributed by atoms with Gasteiger partial charge in [0.15, 0.2) is 17.3 Å². The SMILES string of the molecule is COc1ccc(/C=C2\Oc3c(ccc(OCc4ccc(C)cc4)c3C)C2=O)cc1OC. The van der Waals surface area contributed by atoms with E-state index in [1.54, 1.807) is 38.5 Å². The van der Waals surface area contributed by atoms with Crippen LogP contribution >= 0.6 is 0 Å². The van der Waals surface area contributed by atoms with E-state index >= 15 is 0 Å². The second-order valence-corrected chi connectivity index (χ2v) is 7.39. The molecule has 0 spiro atoms. The molecule has 5 nitrogen and oxygen atoms in total. The summed E-state index contributed by atoms with van der Waals surface area (Å²) in [6.07, 6.45) is 1.70. The molecular weight excluding hydrogens is 392 g/mol. The number of ether oxygens (including phenoxy) is 4. The molecule has 0 saturated heterocycles. The molecule has 158 valence electrons. The summed E-state index contributed by atoms with van der Waals surface area (Å²) >= 11 is 0. The fourth-order valence-electron chi connectivity index (χ4n) is 3.46. The number of ketones is 1. The van der Waals surface area contributed by atoms with E-state index in [9.17, 15) is 4.79 Å². The van der Waals surface area contributed by atoms with E-state index in [1.165, 1.54) is 5.56 Å². The molecule has 0 amide bonds. The van der Waals surface area contributed by atoms with Crippen LogP contribution in [0.2, 0.25) is 0 Å². The van der Waals surface area contributed by atoms with Crippen molar-refractivity contribution in [2.45, 2.75) is 20.5 Å². The molecule has 1 aliphatic heterocycles. The lowest BCUT2D eigenvalue weighted by molar-refractivity contribution is 0.101. The number of aryl methyl sites for hydroxylation is 1. The van der Waals surface area contributed by atoms with Gasteiger partial charge < -0.3 is 18.9 Å². The topological polar surface area (TPSA) is 54.0 Å². The number of carbonyl (C=O) groups excluding carboxylic acids is 1. The Morgan fingerprint density at radius 2 is 1.58 bits per heavy atom. The number of hydrogen-bond acceptors (Lipinski definition) is 5. The molecule has 0 fully saturated rings. The normalized spacial score (nSPS) is 13.7. The molecule has 0 saturated carbocycles. The summed E-state index contributed by atoms with van der Waals surface area (Å²) in [5.41, 5.74) is 4.40. The molecule has 0 radical (unpaired) electrons. The molecule has 0 aromatic heterocycles. The summed E-state index contributed by atoms with van der Waals surface area (Å²) in [5, 5.41) is 0. The van der Waals surface area contributed by atoms with Gasteiger partial charge in [0.2, 0.25) is 5.78 Å². The average Bonchev–Trinajstić information content (AvgIpc) is 3.10. The third kappa shape index (κ3) is 4.12. The highest BCUT2D eigenvalue weighted by Gasteiger charge is 2.30. The van der Waals surface area contributed by atoms with Crippen molar-refractivity contribution < 1.29 is 23.7 Å². The van der Waals surface area contributed by atoms with E-state index in [2.05, 4.69) is 19.1 Å². The van der Waals surface area contributed by atoms with Crippen molar-refractivity contribution >= 4 is 11.9 Å². The number of carbonyl (C=O) groups is 1. The summed E-state index contributed by atoms with van der Waals surface area (Å²) < 4.78 is 22.5. The van der Waals surface area contributed by atoms with Crippen molar-refractivity contribution in [1.82, 2.24) is 0 Å². The van der Waals surface area contributed by atoms with E-state index in [0.717, 1.165) is 16.7 Å². The summed E-state index contributed by atoms with van der Waals surface area (Å²) in [7, 11) is 3.15. The Balaban J connectivity index is 1.56. The second kappa shape index (κ2) is 8.56. The first-order valence-corrected chi connectivity index (χ1v) is 9.98. The predicted octanol–water partition coefficient (Wildman–Crippen LogP) is 5.52. The van der Waals surface area contributed by atoms with Crippen molar-refractivity contribution in [3.63, 3.8) is 0 Å². The molecule has 1 aliphatic rings. The maximum absolute atomic E-state index is 12.9. The lowest BCUT2D eigenvalue weighted by atomic mass is 10.1. The Bertz CT molecular complexity index is 1160. The third-order valence-corrected chi connectivity index (χ3v) is 5.26. The minimum atomic E-state index is -0.155. The highest BCUT2D eigenvalue weighted by molar-refractivity contribution is 6.15. The van der Waals surface area contributed by atoms with Crippen LogP contribution in [0.15, 0.2) is 60.4 Å². The van der Waals surface area contributed by atoms with Gasteiger partial charge in [0, 0.05) is 5.56 Å². The lowest BCUT2D eigenvalue weighted by Gasteiger charge is -2.11. The van der Waals surface area contributed by atoms with Crippen LogP contribution in [0.4, 0.5) is 0 Å². The molecule has 0 bridgehead atoms. The molecule has 0 unspecified atom stereocenters. The number of fused-ring (bicyclic) bond motifs is 1. The Hall–Kier alpha value is -3.73. The number of hydrogen-bond donors (Lipinski definition) is 0. The fraction of sp³-hybridized carbons (Fsp3) is 0.192. The van der Waals surface area contributed by atoms with Crippen molar-refractivity contribution in [3.05, 3.63) is 88.2 Å². The Kier molecular flexibility index (Phi) is 5.67. The molecule has 5 heteroatoms. The zero-order chi connectivity index (χ0) is 22.0. The van der Waals surface area contributed by atoms with Gasteiger partial charge >= 0.3 is 0 Å². The monoisotopic (exact) mass is 416 g/mol. The molecule has 0 aliphatic carbocycles. The van der Waals surface area contributed by atoms with Gasteiger partial charge in [-0.15, -0.1) is 0 Å². The zero-order valence-electron chi connectivity index (χ0n) is 18.0. The van der Waals surface area contributed by atoms with Gasteiger partial charge in [0.25, 0.3) is 0 Å². The summed E-state index contributed by atoms with van der Waals surface area (Å²) in [4.78, 5) is 12.9. The van der Waals surface area contributed by atoms with E-state index in [4.69, 9.17) is 18.9 Å². The molecule has 0 atom stereocenters. The number of Topliss-reactive ketones (excluding diaryl/α,β-unsaturated/α-hetero) is 1. The highest BCUT2D eigenvalue weighted by Crippen LogP contribution is 2.40. The van der Waals surface area contributed by atoms with Crippen molar-refractivity contribution in [2.24, 2.45) is 0 Å². The largest absolute Gasteiger partial charge is 0.493 e. The van der Waals surface area contributed by atoms with Crippen LogP contribution in [0, 0.1) is 13.8 Å². The maximum Gasteiger partial charge on any atom is 0.231 e. The van der Waals surface area contributed by atoms with Crippen LogP contribution in [0.5, 0.6) is 23.0 Å². The molecule has 31 heavy (non-hydrogen) atoms. The zero-order valence-corrected chi connectivity index (χ0v) is 18.0. The summed E-state index contributed by atoms with van der Waals surface area (Å²) in [6, 6.07) is 17.2. The van der Waals surface area contributed by atoms with E-state index in [-0.39, 0.29) is 11.5 Å². The molecular formula is C26H24O5. The number of methoxy groups -OCH3 is 2. The standard InChI is InChI=1S/C26H24O5/c1-16-5-7-18(8-6-16)15-30-21-12-10-20-25(27)24(31-26(20)17(21)2)14-19-9-11-22(28-3)23(13-19)29-4/h5-14H,15H2,1-4H3/b24-14-.